The van der Waals surface area contributed by atoms with Crippen molar-refractivity contribution in [3.05, 3.63) is 16.0 Å². The summed E-state index contributed by atoms with van der Waals surface area (Å²) in [4.78, 5) is 12.8. The lowest BCUT2D eigenvalue weighted by molar-refractivity contribution is 0.0505. The molecular formula is C11H17NO2S. The van der Waals surface area contributed by atoms with E-state index < -0.39 is 0 Å². The van der Waals surface area contributed by atoms with Gasteiger partial charge in [-0.15, -0.1) is 11.3 Å². The first-order valence-corrected chi connectivity index (χ1v) is 5.98. The molecular weight excluding hydrogens is 210 g/mol. The zero-order valence-corrected chi connectivity index (χ0v) is 10.2. The maximum Gasteiger partial charge on any atom is 0.341 e. The smallest absolute Gasteiger partial charge is 0.341 e. The van der Waals surface area contributed by atoms with Crippen LogP contribution in [0.4, 0.5) is 5.00 Å². The van der Waals surface area contributed by atoms with Gasteiger partial charge in [0.05, 0.1) is 12.2 Å². The Labute approximate surface area is 94.2 Å². The van der Waals surface area contributed by atoms with Crippen LogP contribution in [0.5, 0.6) is 0 Å². The maximum absolute atomic E-state index is 11.7. The second-order valence-corrected chi connectivity index (χ2v) is 4.62. The molecule has 15 heavy (non-hydrogen) atoms. The molecule has 0 aliphatic rings. The Morgan fingerprint density at radius 1 is 1.47 bits per heavy atom. The van der Waals surface area contributed by atoms with Crippen molar-refractivity contribution in [1.29, 1.82) is 0 Å². The standard InChI is InChI=1S/C11H17NO2S/c1-4-6-14-11(13)9-8(5-2)7(3)15-10(9)12/h4-6,12H2,1-3H3. The highest BCUT2D eigenvalue weighted by atomic mass is 32.1. The van der Waals surface area contributed by atoms with Gasteiger partial charge in [-0.05, 0) is 25.3 Å². The number of nitrogens with two attached hydrogens (primary N) is 1. The van der Waals surface area contributed by atoms with Gasteiger partial charge in [-0.2, -0.15) is 0 Å². The first-order valence-electron chi connectivity index (χ1n) is 5.16. The van der Waals surface area contributed by atoms with E-state index in [0.717, 1.165) is 23.3 Å². The van der Waals surface area contributed by atoms with E-state index in [1.807, 2.05) is 20.8 Å². The van der Waals surface area contributed by atoms with E-state index in [9.17, 15) is 4.79 Å². The molecule has 3 nitrogen and oxygen atoms in total. The molecule has 2 N–H and O–H groups in total. The van der Waals surface area contributed by atoms with Crippen LogP contribution in [-0.2, 0) is 11.2 Å². The zero-order valence-electron chi connectivity index (χ0n) is 9.42. The Balaban J connectivity index is 2.96. The summed E-state index contributed by atoms with van der Waals surface area (Å²) in [7, 11) is 0. The largest absolute Gasteiger partial charge is 0.462 e. The number of hydrogen-bond donors (Lipinski definition) is 1. The number of carbonyl (C=O) groups is 1. The number of anilines is 1. The van der Waals surface area contributed by atoms with Crippen molar-refractivity contribution in [2.75, 3.05) is 12.3 Å². The fraction of sp³-hybridized carbons (Fsp3) is 0.545. The number of carbonyl (C=O) groups excluding carboxylic acids is 1. The molecule has 0 spiro atoms. The Bertz CT molecular complexity index is 358. The molecule has 0 aliphatic carbocycles. The fourth-order valence-electron chi connectivity index (χ4n) is 1.52. The summed E-state index contributed by atoms with van der Waals surface area (Å²) in [6, 6.07) is 0. The summed E-state index contributed by atoms with van der Waals surface area (Å²) in [5, 5.41) is 0.574. The van der Waals surface area contributed by atoms with Gasteiger partial charge in [-0.1, -0.05) is 13.8 Å². The lowest BCUT2D eigenvalue weighted by Crippen LogP contribution is -2.09. The molecule has 0 fully saturated rings. The molecule has 1 aromatic rings. The molecule has 4 heteroatoms. The summed E-state index contributed by atoms with van der Waals surface area (Å²) in [6.45, 7) is 6.42. The number of rotatable bonds is 4. The van der Waals surface area contributed by atoms with E-state index in [2.05, 4.69) is 0 Å². The van der Waals surface area contributed by atoms with Gasteiger partial charge in [0.25, 0.3) is 0 Å². The van der Waals surface area contributed by atoms with Crippen LogP contribution in [0.2, 0.25) is 0 Å². The number of ether oxygens (including phenoxy) is 1. The van der Waals surface area contributed by atoms with Gasteiger partial charge < -0.3 is 10.5 Å². The fourth-order valence-corrected chi connectivity index (χ4v) is 2.53. The molecule has 1 rings (SSSR count). The van der Waals surface area contributed by atoms with E-state index in [1.165, 1.54) is 11.3 Å². The molecule has 0 saturated heterocycles. The lowest BCUT2D eigenvalue weighted by atomic mass is 10.1. The molecule has 84 valence electrons. The summed E-state index contributed by atoms with van der Waals surface area (Å²) in [6.07, 6.45) is 1.65. The van der Waals surface area contributed by atoms with E-state index in [0.29, 0.717) is 17.2 Å². The first-order chi connectivity index (χ1) is 7.11. The molecule has 0 unspecified atom stereocenters. The minimum Gasteiger partial charge on any atom is -0.462 e. The van der Waals surface area contributed by atoms with Crippen LogP contribution in [0.15, 0.2) is 0 Å². The van der Waals surface area contributed by atoms with Crippen molar-refractivity contribution < 1.29 is 9.53 Å². The van der Waals surface area contributed by atoms with E-state index in [1.54, 1.807) is 0 Å². The van der Waals surface area contributed by atoms with Crippen molar-refractivity contribution >= 4 is 22.3 Å². The van der Waals surface area contributed by atoms with Crippen LogP contribution in [0.25, 0.3) is 0 Å². The van der Waals surface area contributed by atoms with Gasteiger partial charge in [-0.3, -0.25) is 0 Å². The lowest BCUT2D eigenvalue weighted by Gasteiger charge is -2.04. The van der Waals surface area contributed by atoms with Crippen LogP contribution < -0.4 is 5.73 Å². The molecule has 0 bridgehead atoms. The molecule has 0 aromatic carbocycles. The third kappa shape index (κ3) is 2.50. The highest BCUT2D eigenvalue weighted by Crippen LogP contribution is 2.31. The van der Waals surface area contributed by atoms with Crippen molar-refractivity contribution in [3.63, 3.8) is 0 Å². The van der Waals surface area contributed by atoms with Crippen molar-refractivity contribution in [2.45, 2.75) is 33.6 Å². The molecule has 0 amide bonds. The zero-order chi connectivity index (χ0) is 11.4. The van der Waals surface area contributed by atoms with Crippen molar-refractivity contribution in [2.24, 2.45) is 0 Å². The maximum atomic E-state index is 11.7. The quantitative estimate of drug-likeness (QED) is 0.805. The van der Waals surface area contributed by atoms with Crippen LogP contribution >= 0.6 is 11.3 Å². The molecule has 0 saturated carbocycles. The normalized spacial score (nSPS) is 10.3. The van der Waals surface area contributed by atoms with Gasteiger partial charge in [0.1, 0.15) is 5.00 Å². The first kappa shape index (κ1) is 12.0. The average molecular weight is 227 g/mol. The predicted molar refractivity (Wildman–Crippen MR) is 63.4 cm³/mol. The van der Waals surface area contributed by atoms with Gasteiger partial charge in [0.15, 0.2) is 0 Å². The second kappa shape index (κ2) is 5.16. The van der Waals surface area contributed by atoms with Crippen LogP contribution in [0, 0.1) is 6.92 Å². The van der Waals surface area contributed by atoms with E-state index in [4.69, 9.17) is 10.5 Å². The Morgan fingerprint density at radius 2 is 2.13 bits per heavy atom. The van der Waals surface area contributed by atoms with Gasteiger partial charge in [0, 0.05) is 4.88 Å². The molecule has 1 heterocycles. The molecule has 0 aliphatic heterocycles. The predicted octanol–water partition coefficient (Wildman–Crippen LogP) is 2.77. The van der Waals surface area contributed by atoms with Gasteiger partial charge in [-0.25, -0.2) is 4.79 Å². The Hall–Kier alpha value is -1.03. The minimum absolute atomic E-state index is 0.282. The Kier molecular flexibility index (Phi) is 4.15. The van der Waals surface area contributed by atoms with E-state index in [-0.39, 0.29) is 5.97 Å². The summed E-state index contributed by atoms with van der Waals surface area (Å²) >= 11 is 1.46. The summed E-state index contributed by atoms with van der Waals surface area (Å²) < 4.78 is 5.10. The molecule has 0 radical (unpaired) electrons. The van der Waals surface area contributed by atoms with Crippen LogP contribution in [-0.4, -0.2) is 12.6 Å². The van der Waals surface area contributed by atoms with Crippen LogP contribution in [0.3, 0.4) is 0 Å². The molecule has 1 aromatic heterocycles. The van der Waals surface area contributed by atoms with E-state index >= 15 is 0 Å². The minimum atomic E-state index is -0.282. The Morgan fingerprint density at radius 3 is 2.67 bits per heavy atom. The third-order valence-corrected chi connectivity index (χ3v) is 3.21. The van der Waals surface area contributed by atoms with Gasteiger partial charge in [0.2, 0.25) is 0 Å². The SMILES string of the molecule is CCCOC(=O)c1c(N)sc(C)c1CC. The third-order valence-electron chi connectivity index (χ3n) is 2.23. The monoisotopic (exact) mass is 227 g/mol. The highest BCUT2D eigenvalue weighted by Gasteiger charge is 2.20. The highest BCUT2D eigenvalue weighted by molar-refractivity contribution is 7.16. The number of aryl methyl sites for hydroxylation is 1. The molecule has 0 atom stereocenters. The number of hydrogen-bond acceptors (Lipinski definition) is 4. The average Bonchev–Trinajstić information content (AvgIpc) is 2.49. The van der Waals surface area contributed by atoms with Crippen molar-refractivity contribution in [1.82, 2.24) is 0 Å². The van der Waals surface area contributed by atoms with Crippen LogP contribution in [0.1, 0.15) is 41.1 Å². The topological polar surface area (TPSA) is 52.3 Å². The summed E-state index contributed by atoms with van der Waals surface area (Å²) in [5.74, 6) is -0.282. The number of thiophene rings is 1. The summed E-state index contributed by atoms with van der Waals surface area (Å²) in [5.41, 5.74) is 7.41. The van der Waals surface area contributed by atoms with Gasteiger partial charge >= 0.3 is 5.97 Å². The number of esters is 1. The van der Waals surface area contributed by atoms with Crippen molar-refractivity contribution in [3.8, 4) is 0 Å². The number of nitrogen functional groups attached to an aromatic ring is 1. The second-order valence-electron chi connectivity index (χ2n) is 3.37.